The normalized spacial score (nSPS) is 21.4. The third-order valence-corrected chi connectivity index (χ3v) is 14.8. The molecule has 4 saturated heterocycles. The van der Waals surface area contributed by atoms with Crippen molar-refractivity contribution in [3.05, 3.63) is 102 Å². The number of ketones is 2. The topological polar surface area (TPSA) is 204 Å². The first kappa shape index (κ1) is 56.4. The van der Waals surface area contributed by atoms with Crippen LogP contribution in [-0.2, 0) is 61.9 Å². The first-order chi connectivity index (χ1) is 35.7. The van der Waals surface area contributed by atoms with Crippen LogP contribution in [0.15, 0.2) is 66.1 Å². The summed E-state index contributed by atoms with van der Waals surface area (Å²) in [6, 6.07) is 4.07. The lowest BCUT2D eigenvalue weighted by atomic mass is 9.81. The molecule has 30 heteroatoms. The number of aryl methyl sites for hydroxylation is 2. The average Bonchev–Trinajstić information content (AvgIpc) is 4.14. The Morgan fingerprint density at radius 3 is 1.36 bits per heavy atom. The Morgan fingerprint density at radius 1 is 0.571 bits per heavy atom. The Labute approximate surface area is 428 Å². The van der Waals surface area contributed by atoms with Crippen LogP contribution in [0.1, 0.15) is 94.0 Å². The van der Waals surface area contributed by atoms with Crippen molar-refractivity contribution in [2.45, 2.75) is 132 Å². The van der Waals surface area contributed by atoms with Crippen molar-refractivity contribution in [3.8, 4) is 22.5 Å². The molecule has 11 rings (SSSR count). The van der Waals surface area contributed by atoms with E-state index in [-0.39, 0.29) is 82.4 Å². The maximum Gasteiger partial charge on any atom is 0.451 e. The highest BCUT2D eigenvalue weighted by Crippen LogP contribution is 2.50. The highest BCUT2D eigenvalue weighted by Gasteiger charge is 2.58. The molecule has 2 aliphatic carbocycles. The molecule has 412 valence electrons. The summed E-state index contributed by atoms with van der Waals surface area (Å²) in [5.41, 5.74) is -2.28. The van der Waals surface area contributed by atoms with E-state index in [1.807, 2.05) is 0 Å². The molecule has 77 heavy (non-hydrogen) atoms. The molecule has 6 fully saturated rings. The SMILES string of the molecule is CC(C)(C)OC(=O)N1C2CC(C2)C1C(=O)CCc1cc(-c2cnc(C(F)(F)F)nc2)nc(C(F)(F)F)n1.O=C(CCc1cc(-c2cnc(C(F)(F)F)nc2)nc(C(F)(F)F)n1)[C@@H]1C2CC(C2)N1S(=O)(=O)c1ccc(F)cc1. The molecule has 2 saturated carbocycles. The van der Waals surface area contributed by atoms with Gasteiger partial charge in [-0.25, -0.2) is 57.5 Å². The molecule has 0 spiro atoms. The van der Waals surface area contributed by atoms with Crippen molar-refractivity contribution < 1.29 is 84.6 Å². The number of ether oxygens (including phenoxy) is 1. The van der Waals surface area contributed by atoms with E-state index in [1.54, 1.807) is 20.8 Å². The summed E-state index contributed by atoms with van der Waals surface area (Å²) in [7, 11) is -4.15. The third-order valence-electron chi connectivity index (χ3n) is 12.9. The second kappa shape index (κ2) is 20.5. The number of aromatic nitrogens is 8. The van der Waals surface area contributed by atoms with E-state index >= 15 is 0 Å². The molecule has 1 unspecified atom stereocenters. The molecule has 4 aliphatic heterocycles. The summed E-state index contributed by atoms with van der Waals surface area (Å²) >= 11 is 0. The standard InChI is InChI=1S/C24H18F7N5O3S.C23H23F6N5O3/c25-14-1-4-17(5-2-14)40(38,39)36-16-7-12(8-16)20(36)19(37)6-3-15-9-18(35-22(34-15)24(29,30)31)13-10-32-21(33-11-13)23(26,27)28;1-21(2,3)37-20(36)34-14-6-11(7-14)17(34)16(35)5-4-13-8-15(33-19(32-13)23(27,28)29)12-9-30-18(31-10-12)22(24,25)26/h1-2,4-5,9-12,16,20H,3,6-8H2;8-11,14,17H,4-7H2,1-3H3/t12?,16?,20-;/m0./s1. The Balaban J connectivity index is 0.000000204. The van der Waals surface area contributed by atoms with Crippen LogP contribution in [0.2, 0.25) is 0 Å². The van der Waals surface area contributed by atoms with Gasteiger partial charge in [0.2, 0.25) is 33.3 Å². The van der Waals surface area contributed by atoms with Gasteiger partial charge >= 0.3 is 30.8 Å². The van der Waals surface area contributed by atoms with Crippen LogP contribution in [-0.4, -0.2) is 105 Å². The van der Waals surface area contributed by atoms with E-state index in [0.29, 0.717) is 38.1 Å². The van der Waals surface area contributed by atoms with Gasteiger partial charge in [0.05, 0.1) is 28.4 Å². The van der Waals surface area contributed by atoms with Crippen molar-refractivity contribution >= 4 is 27.7 Å². The Bertz CT molecular complexity index is 3140. The van der Waals surface area contributed by atoms with Crippen LogP contribution in [0.25, 0.3) is 22.5 Å². The van der Waals surface area contributed by atoms with Crippen molar-refractivity contribution in [1.82, 2.24) is 49.1 Å². The Kier molecular flexibility index (Phi) is 15.0. The number of fused-ring (bicyclic) bond motifs is 2. The van der Waals surface area contributed by atoms with Gasteiger partial charge in [-0.05, 0) is 108 Å². The highest BCUT2D eigenvalue weighted by molar-refractivity contribution is 7.89. The average molecular weight is 1120 g/mol. The first-order valence-corrected chi connectivity index (χ1v) is 24.7. The molecule has 8 heterocycles. The molecule has 16 nitrogen and oxygen atoms in total. The van der Waals surface area contributed by atoms with Crippen LogP contribution in [0.3, 0.4) is 0 Å². The summed E-state index contributed by atoms with van der Waals surface area (Å²) < 4.78 is 204. The zero-order valence-electron chi connectivity index (χ0n) is 40.1. The van der Waals surface area contributed by atoms with E-state index in [0.717, 1.165) is 53.1 Å². The second-order valence-corrected chi connectivity index (χ2v) is 21.3. The number of hydrogen-bond donors (Lipinski definition) is 0. The minimum absolute atomic E-state index is 0.0407. The molecule has 0 N–H and O–H groups in total. The van der Waals surface area contributed by atoms with Crippen molar-refractivity contribution in [2.75, 3.05) is 0 Å². The molecule has 1 amide bonds. The number of carbonyl (C=O) groups excluding carboxylic acids is 3. The molecular weight excluding hydrogens is 1080 g/mol. The maximum absolute atomic E-state index is 13.5. The number of sulfonamides is 1. The van der Waals surface area contributed by atoms with Gasteiger partial charge < -0.3 is 4.74 Å². The van der Waals surface area contributed by atoms with E-state index in [1.165, 1.54) is 4.90 Å². The van der Waals surface area contributed by atoms with Gasteiger partial charge in [0.25, 0.3) is 0 Å². The van der Waals surface area contributed by atoms with Crippen molar-refractivity contribution in [3.63, 3.8) is 0 Å². The molecule has 4 aromatic heterocycles. The highest BCUT2D eigenvalue weighted by atomic mass is 32.2. The number of rotatable bonds is 12. The molecular formula is C47H41F13N10O6S. The number of Topliss-reactive ketones (excluding diaryl/α,β-unsaturated/α-hetero) is 2. The van der Waals surface area contributed by atoms with Gasteiger partial charge in [0, 0.05) is 72.2 Å². The molecule has 2 atom stereocenters. The van der Waals surface area contributed by atoms with E-state index in [9.17, 15) is 79.9 Å². The minimum Gasteiger partial charge on any atom is -0.444 e. The number of alkyl halides is 12. The van der Waals surface area contributed by atoms with Gasteiger partial charge in [0.1, 0.15) is 11.4 Å². The minimum atomic E-state index is -5.01. The van der Waals surface area contributed by atoms with Crippen LogP contribution < -0.4 is 0 Å². The van der Waals surface area contributed by atoms with Crippen LogP contribution >= 0.6 is 0 Å². The molecule has 1 aromatic carbocycles. The Morgan fingerprint density at radius 2 is 0.961 bits per heavy atom. The smallest absolute Gasteiger partial charge is 0.444 e. The monoisotopic (exact) mass is 1120 g/mol. The van der Waals surface area contributed by atoms with Gasteiger partial charge in [0.15, 0.2) is 11.6 Å². The zero-order valence-corrected chi connectivity index (χ0v) is 41.0. The lowest BCUT2D eigenvalue weighted by molar-refractivity contribution is -0.145. The predicted molar refractivity (Wildman–Crippen MR) is 237 cm³/mol. The van der Waals surface area contributed by atoms with Crippen LogP contribution in [0.4, 0.5) is 61.9 Å². The second-order valence-electron chi connectivity index (χ2n) is 19.5. The van der Waals surface area contributed by atoms with Crippen LogP contribution in [0, 0.1) is 17.7 Å². The quantitative estimate of drug-likeness (QED) is 0.107. The molecule has 4 bridgehead atoms. The van der Waals surface area contributed by atoms with E-state index in [2.05, 4.69) is 39.9 Å². The fraction of sp³-hybridized carbons (Fsp3) is 0.468. The first-order valence-electron chi connectivity index (χ1n) is 23.2. The zero-order chi connectivity index (χ0) is 56.4. The van der Waals surface area contributed by atoms with E-state index in [4.69, 9.17) is 4.74 Å². The molecule has 0 radical (unpaired) electrons. The summed E-state index contributed by atoms with van der Waals surface area (Å²) in [4.78, 5) is 66.5. The summed E-state index contributed by atoms with van der Waals surface area (Å²) in [6.07, 6.45) is -16.3. The number of hydrogen-bond acceptors (Lipinski definition) is 14. The van der Waals surface area contributed by atoms with Gasteiger partial charge in [-0.2, -0.15) is 57.0 Å². The number of nitrogens with zero attached hydrogens (tertiary/aromatic N) is 10. The summed E-state index contributed by atoms with van der Waals surface area (Å²) in [6.45, 7) is 5.11. The third kappa shape index (κ3) is 12.5. The summed E-state index contributed by atoms with van der Waals surface area (Å²) in [5.74, 6) is -7.81. The fourth-order valence-corrected chi connectivity index (χ4v) is 11.3. The van der Waals surface area contributed by atoms with Crippen molar-refractivity contribution in [2.24, 2.45) is 11.8 Å². The maximum atomic E-state index is 13.5. The fourth-order valence-electron chi connectivity index (χ4n) is 9.39. The number of halogens is 13. The van der Waals surface area contributed by atoms with Crippen molar-refractivity contribution in [1.29, 1.82) is 0 Å². The molecule has 6 aliphatic rings. The van der Waals surface area contributed by atoms with Gasteiger partial charge in [-0.3, -0.25) is 14.5 Å². The number of amides is 1. The number of benzene rings is 1. The van der Waals surface area contributed by atoms with E-state index < -0.39 is 105 Å². The predicted octanol–water partition coefficient (Wildman–Crippen LogP) is 9.33. The Hall–Kier alpha value is -6.85. The van der Waals surface area contributed by atoms with Gasteiger partial charge in [-0.15, -0.1) is 0 Å². The van der Waals surface area contributed by atoms with Gasteiger partial charge in [-0.1, -0.05) is 0 Å². The lowest BCUT2D eigenvalue weighted by Gasteiger charge is -2.29. The lowest BCUT2D eigenvalue weighted by Crippen LogP contribution is -2.44. The van der Waals surface area contributed by atoms with Crippen LogP contribution in [0.5, 0.6) is 0 Å². The summed E-state index contributed by atoms with van der Waals surface area (Å²) in [5, 5.41) is 0. The largest absolute Gasteiger partial charge is 0.451 e. The number of carbonyl (C=O) groups is 3. The molecule has 5 aromatic rings.